The average molecular weight is 444 g/mol. The number of aromatic nitrogens is 2. The van der Waals surface area contributed by atoms with Gasteiger partial charge in [0.2, 0.25) is 0 Å². The first-order valence-corrected chi connectivity index (χ1v) is 12.2. The second-order valence-corrected chi connectivity index (χ2v) is 10.5. The number of rotatable bonds is 5. The van der Waals surface area contributed by atoms with Gasteiger partial charge in [-0.25, -0.2) is 9.78 Å². The molecule has 0 saturated heterocycles. The van der Waals surface area contributed by atoms with Crippen molar-refractivity contribution in [2.45, 2.75) is 78.0 Å². The van der Waals surface area contributed by atoms with E-state index in [-0.39, 0.29) is 17.5 Å². The van der Waals surface area contributed by atoms with E-state index in [9.17, 15) is 14.4 Å². The molecule has 1 aliphatic heterocycles. The predicted octanol–water partition coefficient (Wildman–Crippen LogP) is 3.20. The lowest BCUT2D eigenvalue weighted by Crippen LogP contribution is -2.45. The molecule has 2 aromatic rings. The smallest absolute Gasteiger partial charge is 0.349 e. The normalized spacial score (nSPS) is 26.1. The molecule has 1 amide bonds. The summed E-state index contributed by atoms with van der Waals surface area (Å²) in [6.45, 7) is 6.09. The number of nitrogens with zero attached hydrogens (tertiary/aromatic N) is 2. The molecule has 166 valence electrons. The molecule has 3 aliphatic rings. The summed E-state index contributed by atoms with van der Waals surface area (Å²) in [6.07, 6.45) is 5.87. The van der Waals surface area contributed by atoms with E-state index in [1.54, 1.807) is 18.4 Å². The Balaban J connectivity index is 1.28. The molecule has 8 heteroatoms. The lowest BCUT2D eigenvalue weighted by Gasteiger charge is -2.29. The van der Waals surface area contributed by atoms with Crippen LogP contribution in [0.4, 0.5) is 0 Å². The van der Waals surface area contributed by atoms with Crippen LogP contribution in [0.3, 0.4) is 0 Å². The van der Waals surface area contributed by atoms with Crippen molar-refractivity contribution >= 4 is 33.4 Å². The molecule has 2 aliphatic carbocycles. The highest BCUT2D eigenvalue weighted by Gasteiger charge is 2.42. The maximum Gasteiger partial charge on any atom is 0.349 e. The van der Waals surface area contributed by atoms with Gasteiger partial charge in [-0.2, -0.15) is 0 Å². The van der Waals surface area contributed by atoms with Gasteiger partial charge < -0.3 is 10.1 Å². The molecule has 5 rings (SSSR count). The summed E-state index contributed by atoms with van der Waals surface area (Å²) in [5.41, 5.74) is 0.503. The van der Waals surface area contributed by atoms with Crippen LogP contribution in [0.2, 0.25) is 0 Å². The molecular weight excluding hydrogens is 414 g/mol. The zero-order valence-corrected chi connectivity index (χ0v) is 19.1. The predicted molar refractivity (Wildman–Crippen MR) is 118 cm³/mol. The first-order chi connectivity index (χ1) is 14.8. The molecule has 0 unspecified atom stereocenters. The molecule has 2 fully saturated rings. The van der Waals surface area contributed by atoms with E-state index in [0.29, 0.717) is 39.0 Å². The molecule has 2 saturated carbocycles. The van der Waals surface area contributed by atoms with E-state index in [1.165, 1.54) is 37.0 Å². The lowest BCUT2D eigenvalue weighted by molar-refractivity contribution is -0.130. The molecule has 0 aromatic carbocycles. The van der Waals surface area contributed by atoms with E-state index in [1.807, 2.05) is 0 Å². The van der Waals surface area contributed by atoms with Gasteiger partial charge in [0.05, 0.1) is 5.39 Å². The van der Waals surface area contributed by atoms with Gasteiger partial charge in [0.25, 0.3) is 11.5 Å². The maximum absolute atomic E-state index is 12.8. The molecule has 31 heavy (non-hydrogen) atoms. The van der Waals surface area contributed by atoms with Crippen molar-refractivity contribution in [1.82, 2.24) is 14.9 Å². The Morgan fingerprint density at radius 3 is 2.77 bits per heavy atom. The fourth-order valence-electron chi connectivity index (χ4n) is 5.89. The van der Waals surface area contributed by atoms with Gasteiger partial charge in [-0.1, -0.05) is 6.42 Å². The Labute approximate surface area is 185 Å². The molecule has 0 spiro atoms. The third-order valence-corrected chi connectivity index (χ3v) is 8.72. The minimum absolute atomic E-state index is 0.0849. The van der Waals surface area contributed by atoms with Crippen LogP contribution < -0.4 is 10.9 Å². The first kappa shape index (κ1) is 20.7. The highest BCUT2D eigenvalue weighted by Crippen LogP contribution is 2.49. The molecule has 3 heterocycles. The molecular formula is C23H29N3O4S. The summed E-state index contributed by atoms with van der Waals surface area (Å²) in [4.78, 5) is 43.9. The number of fused-ring (bicyclic) bond motifs is 4. The number of aryl methyl sites for hydroxylation is 2. The van der Waals surface area contributed by atoms with Crippen LogP contribution >= 0.6 is 11.3 Å². The Morgan fingerprint density at radius 1 is 1.26 bits per heavy atom. The van der Waals surface area contributed by atoms with Crippen LogP contribution in [0.1, 0.15) is 67.0 Å². The van der Waals surface area contributed by atoms with E-state index in [0.717, 1.165) is 24.6 Å². The van der Waals surface area contributed by atoms with E-state index >= 15 is 0 Å². The van der Waals surface area contributed by atoms with Gasteiger partial charge in [0.15, 0.2) is 6.10 Å². The van der Waals surface area contributed by atoms with Crippen LogP contribution in [0.15, 0.2) is 4.79 Å². The second-order valence-electron chi connectivity index (χ2n) is 9.51. The number of esters is 1. The van der Waals surface area contributed by atoms with Crippen LogP contribution in [-0.2, 0) is 22.5 Å². The molecule has 0 radical (unpaired) electrons. The van der Waals surface area contributed by atoms with Crippen molar-refractivity contribution in [2.24, 2.45) is 17.8 Å². The molecule has 2 aromatic heterocycles. The summed E-state index contributed by atoms with van der Waals surface area (Å²) in [7, 11) is 0. The SMILES string of the molecule is Cc1c(C(=O)O[C@H](C)C(=O)N[C@@H](C)[C@H]2C[C@H]3CC[C@H]2C3)sc2nc3n(c(=O)c12)CCC3. The minimum Gasteiger partial charge on any atom is -0.448 e. The number of carbonyl (C=O) groups is 2. The zero-order chi connectivity index (χ0) is 21.9. The highest BCUT2D eigenvalue weighted by molar-refractivity contribution is 7.20. The fourth-order valence-corrected chi connectivity index (χ4v) is 6.97. The number of hydrogen-bond acceptors (Lipinski definition) is 6. The number of carbonyl (C=O) groups excluding carboxylic acids is 2. The van der Waals surface area contributed by atoms with Gasteiger partial charge in [-0.15, -0.1) is 11.3 Å². The number of amides is 1. The fraction of sp³-hybridized carbons (Fsp3) is 0.652. The first-order valence-electron chi connectivity index (χ1n) is 11.4. The summed E-state index contributed by atoms with van der Waals surface area (Å²) in [6, 6.07) is 0.0849. The molecule has 7 nitrogen and oxygen atoms in total. The third kappa shape index (κ3) is 3.49. The average Bonchev–Trinajstić information content (AvgIpc) is 3.51. The Kier molecular flexibility index (Phi) is 5.15. The number of thiophene rings is 1. The Bertz CT molecular complexity index is 1120. The Hall–Kier alpha value is -2.22. The van der Waals surface area contributed by atoms with E-state index in [4.69, 9.17) is 4.74 Å². The molecule has 5 atom stereocenters. The van der Waals surface area contributed by atoms with E-state index in [2.05, 4.69) is 17.2 Å². The summed E-state index contributed by atoms with van der Waals surface area (Å²) >= 11 is 1.18. The number of ether oxygens (including phenoxy) is 1. The van der Waals surface area contributed by atoms with Crippen LogP contribution in [0.5, 0.6) is 0 Å². The summed E-state index contributed by atoms with van der Waals surface area (Å²) in [5, 5.41) is 3.56. The summed E-state index contributed by atoms with van der Waals surface area (Å²) in [5.74, 6) is 2.00. The van der Waals surface area contributed by atoms with Crippen molar-refractivity contribution in [1.29, 1.82) is 0 Å². The zero-order valence-electron chi connectivity index (χ0n) is 18.3. The van der Waals surface area contributed by atoms with Crippen molar-refractivity contribution in [2.75, 3.05) is 0 Å². The van der Waals surface area contributed by atoms with Gasteiger partial charge in [-0.3, -0.25) is 14.2 Å². The van der Waals surface area contributed by atoms with Gasteiger partial charge in [-0.05, 0) is 69.8 Å². The second kappa shape index (κ2) is 7.73. The van der Waals surface area contributed by atoms with Crippen LogP contribution in [0.25, 0.3) is 10.2 Å². The third-order valence-electron chi connectivity index (χ3n) is 7.55. The van der Waals surface area contributed by atoms with E-state index < -0.39 is 12.1 Å². The standard InChI is InChI=1S/C23H29N3O4S/c1-11-18-21(25-17-5-4-8-26(17)22(18)28)31-19(11)23(29)30-13(3)20(27)24-12(2)16-10-14-6-7-15(16)9-14/h12-16H,4-10H2,1-3H3,(H,24,27)/t12-,13+,14-,15-,16+/m0/s1. The van der Waals surface area contributed by atoms with Crippen molar-refractivity contribution < 1.29 is 14.3 Å². The largest absolute Gasteiger partial charge is 0.448 e. The highest BCUT2D eigenvalue weighted by atomic mass is 32.1. The lowest BCUT2D eigenvalue weighted by atomic mass is 9.84. The minimum atomic E-state index is -0.891. The Morgan fingerprint density at radius 2 is 2.06 bits per heavy atom. The van der Waals surface area contributed by atoms with Crippen LogP contribution in [-0.4, -0.2) is 33.6 Å². The van der Waals surface area contributed by atoms with Gasteiger partial charge in [0.1, 0.15) is 15.5 Å². The number of nitrogens with one attached hydrogen (secondary N) is 1. The summed E-state index contributed by atoms with van der Waals surface area (Å²) < 4.78 is 7.20. The van der Waals surface area contributed by atoms with Crippen molar-refractivity contribution in [3.8, 4) is 0 Å². The monoisotopic (exact) mass is 443 g/mol. The topological polar surface area (TPSA) is 90.3 Å². The number of hydrogen-bond donors (Lipinski definition) is 1. The van der Waals surface area contributed by atoms with Gasteiger partial charge in [0, 0.05) is 19.0 Å². The maximum atomic E-state index is 12.8. The van der Waals surface area contributed by atoms with Crippen molar-refractivity contribution in [3.63, 3.8) is 0 Å². The van der Waals surface area contributed by atoms with Crippen molar-refractivity contribution in [3.05, 3.63) is 26.6 Å². The van der Waals surface area contributed by atoms with Crippen LogP contribution in [0, 0.1) is 24.7 Å². The quantitative estimate of drug-likeness (QED) is 0.717. The van der Waals surface area contributed by atoms with Gasteiger partial charge >= 0.3 is 5.97 Å². The molecule has 1 N–H and O–H groups in total. The molecule has 2 bridgehead atoms.